The van der Waals surface area contributed by atoms with Crippen LogP contribution in [-0.2, 0) is 14.3 Å². The summed E-state index contributed by atoms with van der Waals surface area (Å²) in [5, 5.41) is 8.68. The molecule has 0 saturated carbocycles. The molecule has 0 bridgehead atoms. The number of carboxylic acid groups (broad SMARTS) is 1. The normalized spacial score (nSPS) is 12.9. The molecule has 0 rings (SSSR count). The Morgan fingerprint density at radius 2 is 1.24 bits per heavy atom. The largest absolute Gasteiger partial charge is 0.479 e. The summed E-state index contributed by atoms with van der Waals surface area (Å²) in [7, 11) is 0. The number of hydrogen-bond acceptors (Lipinski definition) is 3. The fraction of sp³-hybridized carbons (Fsp3) is 0.680. The van der Waals surface area contributed by atoms with Crippen molar-refractivity contribution in [2.75, 3.05) is 0 Å². The van der Waals surface area contributed by atoms with Crippen molar-refractivity contribution in [1.29, 1.82) is 0 Å². The van der Waals surface area contributed by atoms with Crippen molar-refractivity contribution in [3.8, 4) is 0 Å². The van der Waals surface area contributed by atoms with Gasteiger partial charge in [-0.05, 0) is 51.9 Å². The molecule has 1 atom stereocenters. The van der Waals surface area contributed by atoms with Crippen LogP contribution in [-0.4, -0.2) is 23.1 Å². The van der Waals surface area contributed by atoms with Gasteiger partial charge in [0.15, 0.2) is 6.10 Å². The van der Waals surface area contributed by atoms with Gasteiger partial charge in [0.05, 0.1) is 0 Å². The minimum atomic E-state index is -1.10. The highest BCUT2D eigenvalue weighted by molar-refractivity contribution is 5.77. The Bertz CT molecular complexity index is 491. The molecule has 0 aromatic rings. The second kappa shape index (κ2) is 20.9. The van der Waals surface area contributed by atoms with Crippen molar-refractivity contribution in [2.45, 2.75) is 110 Å². The average Bonchev–Trinajstić information content (AvgIpc) is 2.69. The molecule has 4 nitrogen and oxygen atoms in total. The van der Waals surface area contributed by atoms with Gasteiger partial charge in [-0.2, -0.15) is 0 Å². The molecule has 166 valence electrons. The van der Waals surface area contributed by atoms with Crippen LogP contribution in [0, 0.1) is 0 Å². The number of carbonyl (C=O) groups excluding carboxylic acids is 1. The molecule has 0 saturated heterocycles. The van der Waals surface area contributed by atoms with E-state index in [0.717, 1.165) is 38.5 Å². The molecule has 1 unspecified atom stereocenters. The number of hydrogen-bond donors (Lipinski definition) is 1. The third-order valence-electron chi connectivity index (χ3n) is 4.68. The zero-order valence-corrected chi connectivity index (χ0v) is 18.6. The van der Waals surface area contributed by atoms with E-state index in [2.05, 4.69) is 43.4 Å². The van der Waals surface area contributed by atoms with E-state index in [1.54, 1.807) is 0 Å². The zero-order valence-electron chi connectivity index (χ0n) is 18.6. The molecule has 0 heterocycles. The smallest absolute Gasteiger partial charge is 0.344 e. The minimum absolute atomic E-state index is 0.308. The van der Waals surface area contributed by atoms with Gasteiger partial charge < -0.3 is 9.84 Å². The maximum absolute atomic E-state index is 11.4. The number of carboxylic acids is 1. The molecule has 0 fully saturated rings. The standard InChI is InChI=1S/C25H42O4/c1-3-4-5-6-7-8-9-10-11-12-13-14-15-16-17-18-19-20-21-22-24(26)29-23(2)25(27)28/h7-8,10-11,13-14,23H,3-6,9,12,15-22H2,1-2H3,(H,27,28)/b8-7-,11-10-,14-13-. The van der Waals surface area contributed by atoms with Gasteiger partial charge in [-0.1, -0.05) is 81.9 Å². The molecule has 0 aliphatic rings. The molecular weight excluding hydrogens is 364 g/mol. The Balaban J connectivity index is 3.38. The first-order valence-corrected chi connectivity index (χ1v) is 11.4. The molecule has 0 aromatic heterocycles. The van der Waals surface area contributed by atoms with Crippen LogP contribution in [0.2, 0.25) is 0 Å². The highest BCUT2D eigenvalue weighted by atomic mass is 16.6. The SMILES string of the molecule is CCCCC/C=C\C/C=C\C/C=C\CCCCCCCCC(=O)OC(C)C(=O)O. The lowest BCUT2D eigenvalue weighted by Crippen LogP contribution is -2.23. The van der Waals surface area contributed by atoms with Crippen molar-refractivity contribution < 1.29 is 19.4 Å². The van der Waals surface area contributed by atoms with Crippen LogP contribution in [0.5, 0.6) is 0 Å². The average molecular weight is 407 g/mol. The van der Waals surface area contributed by atoms with Gasteiger partial charge >= 0.3 is 11.9 Å². The Hall–Kier alpha value is -1.84. The Labute approximate surface area is 178 Å². The molecule has 4 heteroatoms. The summed E-state index contributed by atoms with van der Waals surface area (Å²) < 4.78 is 4.79. The quantitative estimate of drug-likeness (QED) is 0.140. The molecular formula is C25H42O4. The molecule has 0 spiro atoms. The summed E-state index contributed by atoms with van der Waals surface area (Å²) in [5.41, 5.74) is 0. The number of ether oxygens (including phenoxy) is 1. The van der Waals surface area contributed by atoms with Crippen molar-refractivity contribution in [3.05, 3.63) is 36.5 Å². The maximum Gasteiger partial charge on any atom is 0.344 e. The molecule has 0 aromatic carbocycles. The van der Waals surface area contributed by atoms with Gasteiger partial charge in [0.25, 0.3) is 0 Å². The second-order valence-electron chi connectivity index (χ2n) is 7.51. The van der Waals surface area contributed by atoms with E-state index in [-0.39, 0.29) is 0 Å². The third-order valence-corrected chi connectivity index (χ3v) is 4.68. The van der Waals surface area contributed by atoms with Gasteiger partial charge in [-0.25, -0.2) is 4.79 Å². The van der Waals surface area contributed by atoms with Gasteiger partial charge in [0.1, 0.15) is 0 Å². The van der Waals surface area contributed by atoms with Crippen molar-refractivity contribution in [3.63, 3.8) is 0 Å². The molecule has 0 radical (unpaired) electrons. The monoisotopic (exact) mass is 406 g/mol. The lowest BCUT2D eigenvalue weighted by atomic mass is 10.1. The van der Waals surface area contributed by atoms with E-state index in [4.69, 9.17) is 9.84 Å². The predicted molar refractivity (Wildman–Crippen MR) is 121 cm³/mol. The summed E-state index contributed by atoms with van der Waals surface area (Å²) in [6.07, 6.45) is 27.6. The van der Waals surface area contributed by atoms with Crippen LogP contribution in [0.3, 0.4) is 0 Å². The van der Waals surface area contributed by atoms with E-state index >= 15 is 0 Å². The van der Waals surface area contributed by atoms with E-state index in [1.165, 1.54) is 51.9 Å². The summed E-state index contributed by atoms with van der Waals surface area (Å²) in [5.74, 6) is -1.52. The first-order valence-electron chi connectivity index (χ1n) is 11.4. The molecule has 0 aliphatic carbocycles. The van der Waals surface area contributed by atoms with Crippen molar-refractivity contribution in [2.24, 2.45) is 0 Å². The summed E-state index contributed by atoms with van der Waals surface area (Å²) in [6.45, 7) is 3.61. The molecule has 29 heavy (non-hydrogen) atoms. The van der Waals surface area contributed by atoms with Crippen molar-refractivity contribution in [1.82, 2.24) is 0 Å². The van der Waals surface area contributed by atoms with Crippen molar-refractivity contribution >= 4 is 11.9 Å². The van der Waals surface area contributed by atoms with E-state index in [1.807, 2.05) is 0 Å². The number of carbonyl (C=O) groups is 2. The number of esters is 1. The lowest BCUT2D eigenvalue weighted by molar-refractivity contribution is -0.162. The first kappa shape index (κ1) is 27.2. The predicted octanol–water partition coefficient (Wildman–Crippen LogP) is 7.15. The molecule has 1 N–H and O–H groups in total. The Morgan fingerprint density at radius 1 is 0.759 bits per heavy atom. The third kappa shape index (κ3) is 20.7. The van der Waals surface area contributed by atoms with Crippen LogP contribution in [0.1, 0.15) is 104 Å². The van der Waals surface area contributed by atoms with Gasteiger partial charge in [0.2, 0.25) is 0 Å². The van der Waals surface area contributed by atoms with Gasteiger partial charge in [-0.3, -0.25) is 4.79 Å². The Kier molecular flexibility index (Phi) is 19.6. The van der Waals surface area contributed by atoms with Crippen LogP contribution in [0.25, 0.3) is 0 Å². The van der Waals surface area contributed by atoms with Gasteiger partial charge in [-0.15, -0.1) is 0 Å². The molecule has 0 aliphatic heterocycles. The lowest BCUT2D eigenvalue weighted by Gasteiger charge is -2.08. The van der Waals surface area contributed by atoms with Crippen LogP contribution >= 0.6 is 0 Å². The topological polar surface area (TPSA) is 63.6 Å². The first-order chi connectivity index (χ1) is 14.1. The second-order valence-corrected chi connectivity index (χ2v) is 7.51. The van der Waals surface area contributed by atoms with E-state index in [0.29, 0.717) is 6.42 Å². The van der Waals surface area contributed by atoms with Gasteiger partial charge in [0, 0.05) is 6.42 Å². The van der Waals surface area contributed by atoms with E-state index in [9.17, 15) is 9.59 Å². The van der Waals surface area contributed by atoms with Crippen LogP contribution in [0.4, 0.5) is 0 Å². The fourth-order valence-corrected chi connectivity index (χ4v) is 2.84. The van der Waals surface area contributed by atoms with Crippen LogP contribution in [0.15, 0.2) is 36.5 Å². The fourth-order valence-electron chi connectivity index (χ4n) is 2.84. The van der Waals surface area contributed by atoms with E-state index < -0.39 is 18.0 Å². The Morgan fingerprint density at radius 3 is 1.79 bits per heavy atom. The highest BCUT2D eigenvalue weighted by Gasteiger charge is 2.15. The number of unbranched alkanes of at least 4 members (excludes halogenated alkanes) is 9. The number of allylic oxidation sites excluding steroid dienone is 6. The van der Waals surface area contributed by atoms with Crippen LogP contribution < -0.4 is 0 Å². The highest BCUT2D eigenvalue weighted by Crippen LogP contribution is 2.10. The number of rotatable bonds is 19. The summed E-state index contributed by atoms with van der Waals surface area (Å²) >= 11 is 0. The minimum Gasteiger partial charge on any atom is -0.479 e. The maximum atomic E-state index is 11.4. The molecule has 0 amide bonds. The summed E-state index contributed by atoms with van der Waals surface area (Å²) in [6, 6.07) is 0. The number of aliphatic carboxylic acids is 1. The summed E-state index contributed by atoms with van der Waals surface area (Å²) in [4.78, 5) is 22.0. The zero-order chi connectivity index (χ0) is 21.6.